The Morgan fingerprint density at radius 3 is 3.05 bits per heavy atom. The lowest BCUT2D eigenvalue weighted by molar-refractivity contribution is -0.142. The third-order valence-corrected chi connectivity index (χ3v) is 4.21. The van der Waals surface area contributed by atoms with Crippen molar-refractivity contribution in [1.82, 2.24) is 5.16 Å². The molecule has 1 aliphatic rings. The molecule has 2 unspecified atom stereocenters. The summed E-state index contributed by atoms with van der Waals surface area (Å²) in [7, 11) is 0. The summed E-state index contributed by atoms with van der Waals surface area (Å²) in [5, 5.41) is 14.3. The molecule has 1 fully saturated rings. The minimum Gasteiger partial charge on any atom is -0.481 e. The maximum atomic E-state index is 11.3. The normalized spacial score (nSPS) is 23.2. The standard InChI is InChI=1S/C14H15BrN2O3/c1-8-4-9(14(18)19)7-17(6-8)13-11-5-10(15)2-3-12(11)20-16-13/h2-3,5,8-9H,4,6-7H2,1H3,(H,18,19). The molecule has 2 atom stereocenters. The summed E-state index contributed by atoms with van der Waals surface area (Å²) < 4.78 is 6.28. The lowest BCUT2D eigenvalue weighted by Gasteiger charge is -2.34. The molecule has 0 radical (unpaired) electrons. The first kappa shape index (κ1) is 13.4. The molecule has 1 N–H and O–H groups in total. The van der Waals surface area contributed by atoms with E-state index in [1.807, 2.05) is 23.1 Å². The smallest absolute Gasteiger partial charge is 0.308 e. The lowest BCUT2D eigenvalue weighted by atomic mass is 9.90. The van der Waals surface area contributed by atoms with Crippen molar-refractivity contribution in [3.05, 3.63) is 22.7 Å². The van der Waals surface area contributed by atoms with Gasteiger partial charge in [-0.25, -0.2) is 0 Å². The van der Waals surface area contributed by atoms with Gasteiger partial charge >= 0.3 is 5.97 Å². The molecule has 5 nitrogen and oxygen atoms in total. The molecule has 20 heavy (non-hydrogen) atoms. The van der Waals surface area contributed by atoms with Gasteiger partial charge in [-0.2, -0.15) is 0 Å². The number of carbonyl (C=O) groups is 1. The van der Waals surface area contributed by atoms with E-state index in [0.29, 0.717) is 24.5 Å². The van der Waals surface area contributed by atoms with E-state index < -0.39 is 5.97 Å². The van der Waals surface area contributed by atoms with Gasteiger partial charge in [0.1, 0.15) is 0 Å². The Labute approximate surface area is 124 Å². The molecular weight excluding hydrogens is 324 g/mol. The van der Waals surface area contributed by atoms with Crippen LogP contribution in [-0.2, 0) is 4.79 Å². The molecule has 0 bridgehead atoms. The largest absolute Gasteiger partial charge is 0.481 e. The van der Waals surface area contributed by atoms with Crippen LogP contribution in [0.25, 0.3) is 11.0 Å². The van der Waals surface area contributed by atoms with Crippen molar-refractivity contribution in [1.29, 1.82) is 0 Å². The van der Waals surface area contributed by atoms with E-state index in [1.54, 1.807) is 0 Å². The number of rotatable bonds is 2. The zero-order valence-corrected chi connectivity index (χ0v) is 12.6. The summed E-state index contributed by atoms with van der Waals surface area (Å²) in [6.45, 7) is 3.35. The Morgan fingerprint density at radius 2 is 2.30 bits per heavy atom. The summed E-state index contributed by atoms with van der Waals surface area (Å²) in [4.78, 5) is 13.3. The molecule has 6 heteroatoms. The van der Waals surface area contributed by atoms with Crippen molar-refractivity contribution >= 4 is 38.7 Å². The Hall–Kier alpha value is -1.56. The summed E-state index contributed by atoms with van der Waals surface area (Å²) in [6.07, 6.45) is 0.714. The number of carboxylic acids is 1. The average molecular weight is 339 g/mol. The highest BCUT2D eigenvalue weighted by atomic mass is 79.9. The second-order valence-corrected chi connectivity index (χ2v) is 6.34. The highest BCUT2D eigenvalue weighted by Crippen LogP contribution is 2.32. The molecule has 0 amide bonds. The van der Waals surface area contributed by atoms with Crippen LogP contribution >= 0.6 is 15.9 Å². The fourth-order valence-electron chi connectivity index (χ4n) is 2.83. The van der Waals surface area contributed by atoms with Gasteiger partial charge < -0.3 is 14.5 Å². The molecule has 3 rings (SSSR count). The first-order valence-corrected chi connectivity index (χ1v) is 7.36. The molecule has 1 aromatic heterocycles. The second-order valence-electron chi connectivity index (χ2n) is 5.43. The Bertz CT molecular complexity index is 655. The number of nitrogens with zero attached hydrogens (tertiary/aromatic N) is 2. The summed E-state index contributed by atoms with van der Waals surface area (Å²) in [5.41, 5.74) is 0.716. The van der Waals surface area contributed by atoms with Gasteiger partial charge in [0.05, 0.1) is 11.3 Å². The van der Waals surface area contributed by atoms with Crippen molar-refractivity contribution in [2.24, 2.45) is 11.8 Å². The average Bonchev–Trinajstić information content (AvgIpc) is 2.80. The van der Waals surface area contributed by atoms with Crippen LogP contribution in [0.2, 0.25) is 0 Å². The van der Waals surface area contributed by atoms with Crippen LogP contribution in [0.5, 0.6) is 0 Å². The number of carboxylic acid groups (broad SMARTS) is 1. The number of hydrogen-bond acceptors (Lipinski definition) is 4. The fraction of sp³-hybridized carbons (Fsp3) is 0.429. The lowest BCUT2D eigenvalue weighted by Crippen LogP contribution is -2.42. The third kappa shape index (κ3) is 2.40. The minimum absolute atomic E-state index is 0.323. The van der Waals surface area contributed by atoms with Crippen LogP contribution in [0.4, 0.5) is 5.82 Å². The van der Waals surface area contributed by atoms with Crippen LogP contribution in [-0.4, -0.2) is 29.3 Å². The molecule has 2 heterocycles. The first-order valence-electron chi connectivity index (χ1n) is 6.57. The van der Waals surface area contributed by atoms with Crippen LogP contribution < -0.4 is 4.90 Å². The predicted octanol–water partition coefficient (Wildman–Crippen LogP) is 3.14. The van der Waals surface area contributed by atoms with Gasteiger partial charge in [0.15, 0.2) is 11.4 Å². The van der Waals surface area contributed by atoms with Gasteiger partial charge in [-0.1, -0.05) is 28.0 Å². The van der Waals surface area contributed by atoms with Gasteiger partial charge in [-0.05, 0) is 30.5 Å². The number of benzene rings is 1. The van der Waals surface area contributed by atoms with Crippen molar-refractivity contribution in [3.8, 4) is 0 Å². The van der Waals surface area contributed by atoms with Gasteiger partial charge in [0, 0.05) is 17.6 Å². The maximum Gasteiger partial charge on any atom is 0.308 e. The maximum absolute atomic E-state index is 11.3. The molecule has 0 aliphatic carbocycles. The van der Waals surface area contributed by atoms with Crippen molar-refractivity contribution in [3.63, 3.8) is 0 Å². The van der Waals surface area contributed by atoms with Gasteiger partial charge in [-0.3, -0.25) is 4.79 Å². The first-order chi connectivity index (χ1) is 9.54. The topological polar surface area (TPSA) is 66.6 Å². The van der Waals surface area contributed by atoms with Crippen molar-refractivity contribution in [2.75, 3.05) is 18.0 Å². The molecule has 2 aromatic rings. The van der Waals surface area contributed by atoms with E-state index >= 15 is 0 Å². The Morgan fingerprint density at radius 1 is 1.50 bits per heavy atom. The van der Waals surface area contributed by atoms with Crippen LogP contribution in [0.15, 0.2) is 27.2 Å². The minimum atomic E-state index is -0.740. The van der Waals surface area contributed by atoms with E-state index in [0.717, 1.165) is 22.2 Å². The van der Waals surface area contributed by atoms with Crippen molar-refractivity contribution < 1.29 is 14.4 Å². The zero-order valence-electron chi connectivity index (χ0n) is 11.0. The summed E-state index contributed by atoms with van der Waals surface area (Å²) in [5.74, 6) is -0.0314. The molecular formula is C14H15BrN2O3. The zero-order chi connectivity index (χ0) is 14.3. The third-order valence-electron chi connectivity index (χ3n) is 3.72. The quantitative estimate of drug-likeness (QED) is 0.911. The second kappa shape index (κ2) is 5.09. The van der Waals surface area contributed by atoms with Gasteiger partial charge in [-0.15, -0.1) is 0 Å². The Kier molecular flexibility index (Phi) is 3.41. The predicted molar refractivity (Wildman–Crippen MR) is 78.8 cm³/mol. The molecule has 1 saturated heterocycles. The number of halogens is 1. The van der Waals surface area contributed by atoms with E-state index in [1.165, 1.54) is 0 Å². The summed E-state index contributed by atoms with van der Waals surface area (Å²) in [6, 6.07) is 5.71. The molecule has 106 valence electrons. The number of aliphatic carboxylic acids is 1. The SMILES string of the molecule is CC1CC(C(=O)O)CN(c2noc3ccc(Br)cc23)C1. The van der Waals surface area contributed by atoms with Crippen LogP contribution in [0.3, 0.4) is 0 Å². The van der Waals surface area contributed by atoms with Crippen LogP contribution in [0, 0.1) is 11.8 Å². The highest BCUT2D eigenvalue weighted by Gasteiger charge is 2.31. The van der Waals surface area contributed by atoms with E-state index in [-0.39, 0.29) is 5.92 Å². The number of piperidine rings is 1. The summed E-state index contributed by atoms with van der Waals surface area (Å²) >= 11 is 3.44. The molecule has 1 aliphatic heterocycles. The molecule has 0 saturated carbocycles. The van der Waals surface area contributed by atoms with Gasteiger partial charge in [0.25, 0.3) is 0 Å². The van der Waals surface area contributed by atoms with E-state index in [2.05, 4.69) is 28.0 Å². The number of hydrogen-bond donors (Lipinski definition) is 1. The molecule has 1 aromatic carbocycles. The van der Waals surface area contributed by atoms with E-state index in [9.17, 15) is 9.90 Å². The van der Waals surface area contributed by atoms with Crippen molar-refractivity contribution in [2.45, 2.75) is 13.3 Å². The Balaban J connectivity index is 1.97. The fourth-order valence-corrected chi connectivity index (χ4v) is 3.19. The number of anilines is 1. The highest BCUT2D eigenvalue weighted by molar-refractivity contribution is 9.10. The monoisotopic (exact) mass is 338 g/mol. The van der Waals surface area contributed by atoms with Gasteiger partial charge in [0.2, 0.25) is 0 Å². The number of aromatic nitrogens is 1. The van der Waals surface area contributed by atoms with E-state index in [4.69, 9.17) is 4.52 Å². The number of fused-ring (bicyclic) bond motifs is 1. The molecule has 0 spiro atoms. The van der Waals surface area contributed by atoms with Crippen LogP contribution in [0.1, 0.15) is 13.3 Å².